The molecule has 0 aliphatic carbocycles. The second-order valence-electron chi connectivity index (χ2n) is 5.42. The fourth-order valence-corrected chi connectivity index (χ4v) is 2.25. The summed E-state index contributed by atoms with van der Waals surface area (Å²) in [5.41, 5.74) is 7.04. The van der Waals surface area contributed by atoms with Gasteiger partial charge in [0.25, 0.3) is 0 Å². The Bertz CT molecular complexity index is 391. The van der Waals surface area contributed by atoms with E-state index in [1.807, 2.05) is 25.1 Å². The maximum atomic E-state index is 6.03. The first-order valence-electron chi connectivity index (χ1n) is 7.68. The summed E-state index contributed by atoms with van der Waals surface area (Å²) in [7, 11) is 1.67. The van der Waals surface area contributed by atoms with Crippen molar-refractivity contribution in [1.82, 2.24) is 0 Å². The van der Waals surface area contributed by atoms with Gasteiger partial charge in [-0.05, 0) is 25.3 Å². The minimum absolute atomic E-state index is 0.0355. The average Bonchev–Trinajstić information content (AvgIpc) is 2.47. The van der Waals surface area contributed by atoms with Crippen molar-refractivity contribution in [3.8, 4) is 11.5 Å². The summed E-state index contributed by atoms with van der Waals surface area (Å²) in [5.74, 6) is 2.28. The third-order valence-electron chi connectivity index (χ3n) is 3.73. The molecule has 0 spiro atoms. The minimum atomic E-state index is -0.0355. The molecule has 1 aromatic rings. The van der Waals surface area contributed by atoms with Gasteiger partial charge in [-0.3, -0.25) is 0 Å². The van der Waals surface area contributed by atoms with E-state index in [1.54, 1.807) is 7.11 Å². The van der Waals surface area contributed by atoms with Crippen molar-refractivity contribution in [2.45, 2.75) is 52.5 Å². The summed E-state index contributed by atoms with van der Waals surface area (Å²) >= 11 is 0. The van der Waals surface area contributed by atoms with Gasteiger partial charge in [0.05, 0.1) is 13.7 Å². The first-order valence-corrected chi connectivity index (χ1v) is 7.68. The summed E-state index contributed by atoms with van der Waals surface area (Å²) in [6.07, 6.45) is 4.88. The molecule has 0 fully saturated rings. The maximum Gasteiger partial charge on any atom is 0.127 e. The number of unbranched alkanes of at least 4 members (excludes halogenated alkanes) is 1. The van der Waals surface area contributed by atoms with Crippen LogP contribution in [0.3, 0.4) is 0 Å². The van der Waals surface area contributed by atoms with Crippen LogP contribution in [0.5, 0.6) is 11.5 Å². The molecule has 2 N–H and O–H groups in total. The highest BCUT2D eigenvalue weighted by atomic mass is 16.5. The zero-order valence-corrected chi connectivity index (χ0v) is 13.3. The van der Waals surface area contributed by atoms with Crippen LogP contribution in [0.15, 0.2) is 18.2 Å². The van der Waals surface area contributed by atoms with Gasteiger partial charge in [-0.1, -0.05) is 39.2 Å². The van der Waals surface area contributed by atoms with Crippen LogP contribution in [0.1, 0.15) is 58.1 Å². The van der Waals surface area contributed by atoms with Gasteiger partial charge < -0.3 is 15.2 Å². The molecule has 0 aromatic heterocycles. The van der Waals surface area contributed by atoms with Gasteiger partial charge in [0.2, 0.25) is 0 Å². The Balaban J connectivity index is 2.73. The molecule has 114 valence electrons. The van der Waals surface area contributed by atoms with Crippen molar-refractivity contribution in [3.63, 3.8) is 0 Å². The van der Waals surface area contributed by atoms with Crippen LogP contribution in [0.25, 0.3) is 0 Å². The SMILES string of the molecule is CCCCC(CC)COc1cc(OC)ccc1[C@H](C)N. The number of methoxy groups -OCH3 is 1. The van der Waals surface area contributed by atoms with E-state index < -0.39 is 0 Å². The summed E-state index contributed by atoms with van der Waals surface area (Å²) in [4.78, 5) is 0. The highest BCUT2D eigenvalue weighted by Crippen LogP contribution is 2.29. The number of hydrogen-bond donors (Lipinski definition) is 1. The normalized spacial score (nSPS) is 13.8. The zero-order chi connectivity index (χ0) is 15.0. The lowest BCUT2D eigenvalue weighted by atomic mass is 10.0. The number of ether oxygens (including phenoxy) is 2. The number of rotatable bonds is 9. The van der Waals surface area contributed by atoms with Gasteiger partial charge in [-0.2, -0.15) is 0 Å². The van der Waals surface area contributed by atoms with Crippen LogP contribution in [0.2, 0.25) is 0 Å². The van der Waals surface area contributed by atoms with Crippen molar-refractivity contribution in [1.29, 1.82) is 0 Å². The summed E-state index contributed by atoms with van der Waals surface area (Å²) < 4.78 is 11.3. The second-order valence-corrected chi connectivity index (χ2v) is 5.42. The third kappa shape index (κ3) is 5.04. The zero-order valence-electron chi connectivity index (χ0n) is 13.3. The first kappa shape index (κ1) is 16.8. The van der Waals surface area contributed by atoms with E-state index in [1.165, 1.54) is 19.3 Å². The van der Waals surface area contributed by atoms with E-state index >= 15 is 0 Å². The Labute approximate surface area is 123 Å². The maximum absolute atomic E-state index is 6.03. The molecule has 0 saturated carbocycles. The molecule has 0 amide bonds. The van der Waals surface area contributed by atoms with Crippen molar-refractivity contribution in [3.05, 3.63) is 23.8 Å². The lowest BCUT2D eigenvalue weighted by Crippen LogP contribution is -2.14. The molecule has 1 unspecified atom stereocenters. The van der Waals surface area contributed by atoms with Gasteiger partial charge in [-0.15, -0.1) is 0 Å². The Morgan fingerprint density at radius 2 is 2.00 bits per heavy atom. The Kier molecular flexibility index (Phi) is 7.45. The monoisotopic (exact) mass is 279 g/mol. The molecule has 1 rings (SSSR count). The molecule has 0 saturated heterocycles. The van der Waals surface area contributed by atoms with E-state index in [0.29, 0.717) is 5.92 Å². The van der Waals surface area contributed by atoms with Gasteiger partial charge in [-0.25, -0.2) is 0 Å². The van der Waals surface area contributed by atoms with Crippen LogP contribution >= 0.6 is 0 Å². The van der Waals surface area contributed by atoms with E-state index in [9.17, 15) is 0 Å². The van der Waals surface area contributed by atoms with Gasteiger partial charge >= 0.3 is 0 Å². The van der Waals surface area contributed by atoms with Gasteiger partial charge in [0.15, 0.2) is 0 Å². The molecule has 0 aliphatic heterocycles. The predicted molar refractivity (Wildman–Crippen MR) is 84.4 cm³/mol. The van der Waals surface area contributed by atoms with Crippen LogP contribution in [0, 0.1) is 5.92 Å². The molecule has 1 aromatic carbocycles. The molecule has 0 radical (unpaired) electrons. The molecule has 2 atom stereocenters. The molecule has 0 heterocycles. The molecule has 3 heteroatoms. The smallest absolute Gasteiger partial charge is 0.127 e. The van der Waals surface area contributed by atoms with Crippen molar-refractivity contribution >= 4 is 0 Å². The molecular formula is C17H29NO2. The molecule has 3 nitrogen and oxygen atoms in total. The van der Waals surface area contributed by atoms with E-state index in [-0.39, 0.29) is 6.04 Å². The second kappa shape index (κ2) is 8.85. The number of hydrogen-bond acceptors (Lipinski definition) is 3. The molecule has 0 aliphatic rings. The topological polar surface area (TPSA) is 44.5 Å². The number of benzene rings is 1. The van der Waals surface area contributed by atoms with E-state index in [0.717, 1.165) is 30.1 Å². The van der Waals surface area contributed by atoms with Crippen LogP contribution < -0.4 is 15.2 Å². The van der Waals surface area contributed by atoms with E-state index in [4.69, 9.17) is 15.2 Å². The highest BCUT2D eigenvalue weighted by Gasteiger charge is 2.12. The highest BCUT2D eigenvalue weighted by molar-refractivity contribution is 5.42. The van der Waals surface area contributed by atoms with Gasteiger partial charge in [0.1, 0.15) is 11.5 Å². The van der Waals surface area contributed by atoms with Crippen molar-refractivity contribution in [2.24, 2.45) is 11.7 Å². The Hall–Kier alpha value is -1.22. The fraction of sp³-hybridized carbons (Fsp3) is 0.647. The van der Waals surface area contributed by atoms with Crippen LogP contribution in [-0.4, -0.2) is 13.7 Å². The average molecular weight is 279 g/mol. The minimum Gasteiger partial charge on any atom is -0.497 e. The Morgan fingerprint density at radius 3 is 2.55 bits per heavy atom. The third-order valence-corrected chi connectivity index (χ3v) is 3.73. The standard InChI is InChI=1S/C17H29NO2/c1-5-7-8-14(6-2)12-20-17-11-15(19-4)9-10-16(17)13(3)18/h9-11,13-14H,5-8,12,18H2,1-4H3/t13-,14?/m0/s1. The lowest BCUT2D eigenvalue weighted by Gasteiger charge is -2.19. The summed E-state index contributed by atoms with van der Waals surface area (Å²) in [6.45, 7) is 7.18. The van der Waals surface area contributed by atoms with Gasteiger partial charge in [0, 0.05) is 17.7 Å². The Morgan fingerprint density at radius 1 is 1.25 bits per heavy atom. The molecule has 0 bridgehead atoms. The van der Waals surface area contributed by atoms with Crippen molar-refractivity contribution < 1.29 is 9.47 Å². The fourth-order valence-electron chi connectivity index (χ4n) is 2.25. The van der Waals surface area contributed by atoms with Crippen LogP contribution in [-0.2, 0) is 0 Å². The number of nitrogens with two attached hydrogens (primary N) is 1. The summed E-state index contributed by atoms with van der Waals surface area (Å²) in [6, 6.07) is 5.82. The molecular weight excluding hydrogens is 250 g/mol. The quantitative estimate of drug-likeness (QED) is 0.732. The molecule has 20 heavy (non-hydrogen) atoms. The predicted octanol–water partition coefficient (Wildman–Crippen LogP) is 4.31. The van der Waals surface area contributed by atoms with E-state index in [2.05, 4.69) is 13.8 Å². The lowest BCUT2D eigenvalue weighted by molar-refractivity contribution is 0.230. The first-order chi connectivity index (χ1) is 9.62. The largest absolute Gasteiger partial charge is 0.497 e. The van der Waals surface area contributed by atoms with Crippen LogP contribution in [0.4, 0.5) is 0 Å². The summed E-state index contributed by atoms with van der Waals surface area (Å²) in [5, 5.41) is 0. The van der Waals surface area contributed by atoms with Crippen molar-refractivity contribution in [2.75, 3.05) is 13.7 Å².